The monoisotopic (exact) mass is 289 g/mol. The maximum absolute atomic E-state index is 11.8. The van der Waals surface area contributed by atoms with Gasteiger partial charge in [-0.1, -0.05) is 5.16 Å². The van der Waals surface area contributed by atoms with Crippen molar-refractivity contribution in [1.29, 1.82) is 0 Å². The molecule has 3 heterocycles. The van der Waals surface area contributed by atoms with Gasteiger partial charge in [0.2, 0.25) is 0 Å². The maximum Gasteiger partial charge on any atom is 0.273 e. The molecule has 0 aromatic carbocycles. The molecule has 1 fully saturated rings. The highest BCUT2D eigenvalue weighted by atomic mass is 16.5. The van der Waals surface area contributed by atoms with E-state index in [-0.39, 0.29) is 5.91 Å². The van der Waals surface area contributed by atoms with E-state index in [1.807, 2.05) is 6.20 Å². The number of carbonyl (C=O) groups excluding carboxylic acids is 1. The van der Waals surface area contributed by atoms with Crippen LogP contribution in [0, 0.1) is 5.92 Å². The van der Waals surface area contributed by atoms with Crippen LogP contribution in [-0.2, 0) is 6.54 Å². The molecule has 21 heavy (non-hydrogen) atoms. The van der Waals surface area contributed by atoms with Gasteiger partial charge in [-0.3, -0.25) is 9.69 Å². The summed E-state index contributed by atoms with van der Waals surface area (Å²) in [5.41, 5.74) is 0.332. The van der Waals surface area contributed by atoms with Gasteiger partial charge in [-0.25, -0.2) is 4.98 Å². The van der Waals surface area contributed by atoms with E-state index < -0.39 is 0 Å². The maximum atomic E-state index is 11.8. The van der Waals surface area contributed by atoms with Crippen LogP contribution in [-0.4, -0.2) is 45.6 Å². The molecule has 0 radical (unpaired) electrons. The second-order valence-electron chi connectivity index (χ2n) is 5.37. The predicted octanol–water partition coefficient (Wildman–Crippen LogP) is 1.04. The molecular formula is C14H19N5O2. The van der Waals surface area contributed by atoms with Crippen molar-refractivity contribution in [3.63, 3.8) is 0 Å². The van der Waals surface area contributed by atoms with E-state index in [1.165, 1.54) is 6.26 Å². The van der Waals surface area contributed by atoms with Crippen molar-refractivity contribution in [2.45, 2.75) is 19.4 Å². The fourth-order valence-electron chi connectivity index (χ4n) is 2.72. The molecule has 2 aromatic heterocycles. The Morgan fingerprint density at radius 1 is 1.57 bits per heavy atom. The first-order valence-electron chi connectivity index (χ1n) is 7.20. The largest absolute Gasteiger partial charge is 0.364 e. The van der Waals surface area contributed by atoms with E-state index >= 15 is 0 Å². The van der Waals surface area contributed by atoms with Crippen LogP contribution in [0.1, 0.15) is 29.2 Å². The van der Waals surface area contributed by atoms with E-state index in [4.69, 9.17) is 0 Å². The fraction of sp³-hybridized carbons (Fsp3) is 0.500. The summed E-state index contributed by atoms with van der Waals surface area (Å²) in [6.07, 6.45) is 7.30. The Morgan fingerprint density at radius 3 is 3.29 bits per heavy atom. The van der Waals surface area contributed by atoms with Gasteiger partial charge >= 0.3 is 0 Å². The van der Waals surface area contributed by atoms with E-state index in [0.29, 0.717) is 18.2 Å². The number of hydrogen-bond donors (Lipinski definition) is 2. The number of aromatic nitrogens is 3. The van der Waals surface area contributed by atoms with E-state index in [0.717, 1.165) is 38.3 Å². The summed E-state index contributed by atoms with van der Waals surface area (Å²) in [6.45, 7) is 3.55. The number of aromatic amines is 1. The summed E-state index contributed by atoms with van der Waals surface area (Å²) in [7, 11) is 0. The first kappa shape index (κ1) is 13.8. The topological polar surface area (TPSA) is 87.0 Å². The molecule has 1 saturated heterocycles. The Kier molecular flexibility index (Phi) is 4.30. The molecular weight excluding hydrogens is 270 g/mol. The lowest BCUT2D eigenvalue weighted by Gasteiger charge is -2.32. The minimum Gasteiger partial charge on any atom is -0.364 e. The fourth-order valence-corrected chi connectivity index (χ4v) is 2.72. The van der Waals surface area contributed by atoms with E-state index in [1.54, 1.807) is 12.3 Å². The van der Waals surface area contributed by atoms with Crippen LogP contribution < -0.4 is 5.32 Å². The number of rotatable bonds is 5. The second-order valence-corrected chi connectivity index (χ2v) is 5.37. The lowest BCUT2D eigenvalue weighted by atomic mass is 9.98. The summed E-state index contributed by atoms with van der Waals surface area (Å²) in [5.74, 6) is 1.28. The number of likely N-dealkylation sites (tertiary alicyclic amines) is 1. The summed E-state index contributed by atoms with van der Waals surface area (Å²) >= 11 is 0. The van der Waals surface area contributed by atoms with Crippen LogP contribution >= 0.6 is 0 Å². The number of amides is 1. The lowest BCUT2D eigenvalue weighted by Crippen LogP contribution is -2.40. The van der Waals surface area contributed by atoms with Crippen LogP contribution in [0.4, 0.5) is 0 Å². The molecule has 112 valence electrons. The van der Waals surface area contributed by atoms with Crippen molar-refractivity contribution in [2.24, 2.45) is 5.92 Å². The molecule has 0 spiro atoms. The van der Waals surface area contributed by atoms with Crippen LogP contribution in [0.3, 0.4) is 0 Å². The van der Waals surface area contributed by atoms with Crippen molar-refractivity contribution in [3.8, 4) is 0 Å². The molecule has 0 saturated carbocycles. The average molecular weight is 289 g/mol. The van der Waals surface area contributed by atoms with Gasteiger partial charge in [0.05, 0.1) is 6.54 Å². The molecule has 3 rings (SSSR count). The van der Waals surface area contributed by atoms with Crippen molar-refractivity contribution in [1.82, 2.24) is 25.3 Å². The molecule has 2 aromatic rings. The third-order valence-corrected chi connectivity index (χ3v) is 3.75. The molecule has 2 N–H and O–H groups in total. The van der Waals surface area contributed by atoms with Gasteiger partial charge in [0, 0.05) is 31.5 Å². The molecule has 0 aliphatic carbocycles. The molecule has 1 atom stereocenters. The quantitative estimate of drug-likeness (QED) is 0.858. The number of nitrogens with one attached hydrogen (secondary N) is 2. The molecule has 1 unspecified atom stereocenters. The van der Waals surface area contributed by atoms with Crippen LogP contribution in [0.5, 0.6) is 0 Å². The minimum absolute atomic E-state index is 0.174. The third-order valence-electron chi connectivity index (χ3n) is 3.75. The highest BCUT2D eigenvalue weighted by Crippen LogP contribution is 2.17. The number of hydrogen-bond acceptors (Lipinski definition) is 5. The highest BCUT2D eigenvalue weighted by Gasteiger charge is 2.21. The highest BCUT2D eigenvalue weighted by molar-refractivity contribution is 5.91. The zero-order valence-corrected chi connectivity index (χ0v) is 11.8. The zero-order valence-electron chi connectivity index (χ0n) is 11.8. The summed E-state index contributed by atoms with van der Waals surface area (Å²) in [4.78, 5) is 21.6. The van der Waals surface area contributed by atoms with Crippen molar-refractivity contribution in [2.75, 3.05) is 19.6 Å². The molecule has 1 aliphatic rings. The van der Waals surface area contributed by atoms with Crippen molar-refractivity contribution in [3.05, 3.63) is 36.2 Å². The number of H-pyrrole nitrogens is 1. The third kappa shape index (κ3) is 3.69. The first-order chi connectivity index (χ1) is 10.3. The van der Waals surface area contributed by atoms with Gasteiger partial charge in [-0.05, 0) is 25.3 Å². The van der Waals surface area contributed by atoms with Crippen LogP contribution in [0.25, 0.3) is 0 Å². The molecule has 7 heteroatoms. The summed E-state index contributed by atoms with van der Waals surface area (Å²) < 4.78 is 4.67. The van der Waals surface area contributed by atoms with Gasteiger partial charge in [-0.15, -0.1) is 0 Å². The number of piperidine rings is 1. The van der Waals surface area contributed by atoms with Crippen LogP contribution in [0.15, 0.2) is 29.2 Å². The van der Waals surface area contributed by atoms with Crippen molar-refractivity contribution >= 4 is 5.91 Å². The lowest BCUT2D eigenvalue weighted by molar-refractivity contribution is 0.0921. The number of imidazole rings is 1. The van der Waals surface area contributed by atoms with Gasteiger partial charge < -0.3 is 14.8 Å². The Bertz CT molecular complexity index is 552. The Hall–Kier alpha value is -2.15. The van der Waals surface area contributed by atoms with Crippen molar-refractivity contribution < 1.29 is 9.32 Å². The van der Waals surface area contributed by atoms with Gasteiger partial charge in [0.15, 0.2) is 5.69 Å². The summed E-state index contributed by atoms with van der Waals surface area (Å²) in [6, 6.07) is 1.57. The molecule has 0 bridgehead atoms. The predicted molar refractivity (Wildman–Crippen MR) is 75.4 cm³/mol. The standard InChI is InChI=1S/C14H19N5O2/c20-14(12-3-7-21-18-12)17-8-11-2-1-6-19(9-11)10-13-15-4-5-16-13/h3-5,7,11H,1-2,6,8-10H2,(H,15,16)(H,17,20). The first-order valence-corrected chi connectivity index (χ1v) is 7.20. The van der Waals surface area contributed by atoms with Gasteiger partial charge in [0.25, 0.3) is 5.91 Å². The SMILES string of the molecule is O=C(NCC1CCCN(Cc2ncc[nH]2)C1)c1ccon1. The minimum atomic E-state index is -0.174. The normalized spacial score (nSPS) is 19.5. The smallest absolute Gasteiger partial charge is 0.273 e. The molecule has 1 aliphatic heterocycles. The van der Waals surface area contributed by atoms with Gasteiger partial charge in [-0.2, -0.15) is 0 Å². The zero-order chi connectivity index (χ0) is 14.5. The van der Waals surface area contributed by atoms with E-state index in [2.05, 4.69) is 29.9 Å². The Morgan fingerprint density at radius 2 is 2.52 bits per heavy atom. The van der Waals surface area contributed by atoms with Gasteiger partial charge in [0.1, 0.15) is 12.1 Å². The average Bonchev–Trinajstić information content (AvgIpc) is 3.18. The second kappa shape index (κ2) is 6.53. The number of carbonyl (C=O) groups is 1. The van der Waals surface area contributed by atoms with E-state index in [9.17, 15) is 4.79 Å². The number of nitrogens with zero attached hydrogens (tertiary/aromatic N) is 3. The van der Waals surface area contributed by atoms with Crippen LogP contribution in [0.2, 0.25) is 0 Å². The Balaban J connectivity index is 1.46. The molecule has 1 amide bonds. The summed E-state index contributed by atoms with van der Waals surface area (Å²) in [5, 5.41) is 6.56. The Labute approximate surface area is 122 Å². The molecule has 7 nitrogen and oxygen atoms in total.